The summed E-state index contributed by atoms with van der Waals surface area (Å²) < 4.78 is 3.80. The lowest BCUT2D eigenvalue weighted by atomic mass is 9.83. The van der Waals surface area contributed by atoms with Gasteiger partial charge in [-0.3, -0.25) is 19.2 Å². The molecule has 0 radical (unpaired) electrons. The van der Waals surface area contributed by atoms with E-state index in [2.05, 4.69) is 16.1 Å². The largest absolute Gasteiger partial charge is 0.336 e. The molecular formula is C23H31N5O2. The highest BCUT2D eigenvalue weighted by molar-refractivity contribution is 5.92. The van der Waals surface area contributed by atoms with Crippen LogP contribution in [0.3, 0.4) is 0 Å². The molecule has 3 aliphatic heterocycles. The zero-order valence-electron chi connectivity index (χ0n) is 18.0. The molecule has 2 atom stereocenters. The van der Waals surface area contributed by atoms with Gasteiger partial charge < -0.3 is 9.47 Å². The van der Waals surface area contributed by atoms with Gasteiger partial charge in [0.2, 0.25) is 0 Å². The predicted octanol–water partition coefficient (Wildman–Crippen LogP) is 2.23. The zero-order valence-corrected chi connectivity index (χ0v) is 18.0. The Balaban J connectivity index is 1.39. The zero-order chi connectivity index (χ0) is 20.8. The van der Waals surface area contributed by atoms with E-state index in [-0.39, 0.29) is 17.4 Å². The van der Waals surface area contributed by atoms with Gasteiger partial charge in [0.05, 0.1) is 5.69 Å². The first-order valence-electron chi connectivity index (χ1n) is 11.3. The molecule has 0 spiro atoms. The van der Waals surface area contributed by atoms with Crippen molar-refractivity contribution in [1.82, 2.24) is 24.1 Å². The smallest absolute Gasteiger partial charge is 0.272 e. The fourth-order valence-electron chi connectivity index (χ4n) is 5.58. The molecule has 7 nitrogen and oxygen atoms in total. The lowest BCUT2D eigenvalue weighted by Crippen LogP contribution is -2.49. The molecule has 2 aromatic rings. The summed E-state index contributed by atoms with van der Waals surface area (Å²) >= 11 is 0. The number of hydrogen-bond acceptors (Lipinski definition) is 4. The first kappa shape index (κ1) is 19.5. The van der Waals surface area contributed by atoms with Crippen LogP contribution in [-0.4, -0.2) is 56.2 Å². The number of hydrogen-bond donors (Lipinski definition) is 0. The molecule has 160 valence electrons. The van der Waals surface area contributed by atoms with Crippen LogP contribution in [0.25, 0.3) is 0 Å². The number of rotatable bonds is 4. The first-order valence-corrected chi connectivity index (χ1v) is 11.3. The maximum atomic E-state index is 13.2. The van der Waals surface area contributed by atoms with E-state index in [0.29, 0.717) is 37.8 Å². The molecule has 0 N–H and O–H groups in total. The quantitative estimate of drug-likeness (QED) is 0.777. The van der Waals surface area contributed by atoms with Gasteiger partial charge in [-0.25, -0.2) is 0 Å². The standard InChI is InChI=1S/C23H31N5O2/c1-3-28-21(10-16(2)24-28)23(30)26-12-17-11-19(15-26)20-7-6-18(22(29)27(20)13-17)14-25-8-4-5-9-25/h6-7,10,17,19H,3-5,8-9,11-15H2,1-2H3/t17-,19+/m0/s1. The second-order valence-corrected chi connectivity index (χ2v) is 9.18. The Morgan fingerprint density at radius 1 is 1.17 bits per heavy atom. The van der Waals surface area contributed by atoms with E-state index in [9.17, 15) is 9.59 Å². The summed E-state index contributed by atoms with van der Waals surface area (Å²) in [6.07, 6.45) is 3.52. The van der Waals surface area contributed by atoms with Gasteiger partial charge in [0.1, 0.15) is 5.69 Å². The molecule has 3 aliphatic rings. The van der Waals surface area contributed by atoms with Crippen molar-refractivity contribution in [3.8, 4) is 0 Å². The van der Waals surface area contributed by atoms with Gasteiger partial charge >= 0.3 is 0 Å². The molecule has 0 saturated carbocycles. The topological polar surface area (TPSA) is 63.4 Å². The fourth-order valence-corrected chi connectivity index (χ4v) is 5.58. The monoisotopic (exact) mass is 409 g/mol. The lowest BCUT2D eigenvalue weighted by Gasteiger charge is -2.43. The van der Waals surface area contributed by atoms with Crippen LogP contribution in [0.15, 0.2) is 23.0 Å². The van der Waals surface area contributed by atoms with Gasteiger partial charge in [-0.15, -0.1) is 0 Å². The van der Waals surface area contributed by atoms with Crippen LogP contribution in [-0.2, 0) is 19.6 Å². The number of fused-ring (bicyclic) bond motifs is 4. The number of aryl methyl sites for hydroxylation is 2. The Labute approximate surface area is 177 Å². The Morgan fingerprint density at radius 3 is 2.73 bits per heavy atom. The van der Waals surface area contributed by atoms with Crippen molar-refractivity contribution in [2.24, 2.45) is 5.92 Å². The van der Waals surface area contributed by atoms with Crippen LogP contribution in [0.1, 0.15) is 59.5 Å². The van der Waals surface area contributed by atoms with Gasteiger partial charge in [0, 0.05) is 49.9 Å². The number of nitrogens with zero attached hydrogens (tertiary/aromatic N) is 5. The molecule has 1 amide bonds. The van der Waals surface area contributed by atoms with Gasteiger partial charge in [-0.1, -0.05) is 6.07 Å². The Kier molecular flexibility index (Phi) is 5.01. The molecule has 5 rings (SSSR count). The second-order valence-electron chi connectivity index (χ2n) is 9.18. The minimum atomic E-state index is 0.0635. The van der Waals surface area contributed by atoms with Crippen molar-refractivity contribution in [3.63, 3.8) is 0 Å². The maximum absolute atomic E-state index is 13.2. The second kappa shape index (κ2) is 7.69. The minimum absolute atomic E-state index is 0.0635. The van der Waals surface area contributed by atoms with Crippen molar-refractivity contribution in [3.05, 3.63) is 51.2 Å². The van der Waals surface area contributed by atoms with Crippen LogP contribution in [0, 0.1) is 12.8 Å². The van der Waals surface area contributed by atoms with Crippen LogP contribution in [0.2, 0.25) is 0 Å². The van der Waals surface area contributed by atoms with Gasteiger partial charge in [0.25, 0.3) is 11.5 Å². The Bertz CT molecular complexity index is 1020. The van der Waals surface area contributed by atoms with E-state index in [4.69, 9.17) is 0 Å². The highest BCUT2D eigenvalue weighted by Crippen LogP contribution is 2.35. The van der Waals surface area contributed by atoms with Crippen molar-refractivity contribution < 1.29 is 4.79 Å². The number of likely N-dealkylation sites (tertiary alicyclic amines) is 2. The van der Waals surface area contributed by atoms with E-state index in [1.165, 1.54) is 12.8 Å². The number of carbonyl (C=O) groups is 1. The third kappa shape index (κ3) is 3.39. The van der Waals surface area contributed by atoms with Crippen molar-refractivity contribution in [2.75, 3.05) is 26.2 Å². The summed E-state index contributed by atoms with van der Waals surface area (Å²) in [6.45, 7) is 9.68. The van der Waals surface area contributed by atoms with E-state index >= 15 is 0 Å². The van der Waals surface area contributed by atoms with Crippen molar-refractivity contribution in [2.45, 2.75) is 58.7 Å². The summed E-state index contributed by atoms with van der Waals surface area (Å²) in [4.78, 5) is 30.8. The normalized spacial score (nSPS) is 23.6. The summed E-state index contributed by atoms with van der Waals surface area (Å²) in [5.74, 6) is 0.627. The molecule has 0 aliphatic carbocycles. The molecule has 2 bridgehead atoms. The lowest BCUT2D eigenvalue weighted by molar-refractivity contribution is 0.0582. The number of pyridine rings is 1. The molecule has 5 heterocycles. The third-order valence-electron chi connectivity index (χ3n) is 6.98. The summed E-state index contributed by atoms with van der Waals surface area (Å²) in [7, 11) is 0. The molecule has 30 heavy (non-hydrogen) atoms. The summed E-state index contributed by atoms with van der Waals surface area (Å²) in [6, 6.07) is 6.06. The highest BCUT2D eigenvalue weighted by atomic mass is 16.2. The SMILES string of the molecule is CCn1nc(C)cc1C(=O)N1C[C@@H]2C[C@H](C1)c1ccc(CN3CCCC3)c(=O)n1C2. The van der Waals surface area contributed by atoms with E-state index < -0.39 is 0 Å². The molecule has 7 heteroatoms. The summed E-state index contributed by atoms with van der Waals surface area (Å²) in [5, 5.41) is 4.44. The number of carbonyl (C=O) groups excluding carboxylic acids is 1. The molecule has 2 saturated heterocycles. The fraction of sp³-hybridized carbons (Fsp3) is 0.609. The molecule has 2 aromatic heterocycles. The molecule has 0 unspecified atom stereocenters. The van der Waals surface area contributed by atoms with Crippen LogP contribution in [0.5, 0.6) is 0 Å². The predicted molar refractivity (Wildman–Crippen MR) is 115 cm³/mol. The number of amides is 1. The average molecular weight is 410 g/mol. The van der Waals surface area contributed by atoms with Gasteiger partial charge in [0.15, 0.2) is 0 Å². The summed E-state index contributed by atoms with van der Waals surface area (Å²) in [5.41, 5.74) is 3.73. The van der Waals surface area contributed by atoms with Crippen LogP contribution >= 0.6 is 0 Å². The van der Waals surface area contributed by atoms with E-state index in [1.807, 2.05) is 35.4 Å². The van der Waals surface area contributed by atoms with Crippen molar-refractivity contribution >= 4 is 5.91 Å². The van der Waals surface area contributed by atoms with Crippen molar-refractivity contribution in [1.29, 1.82) is 0 Å². The number of piperidine rings is 1. The Morgan fingerprint density at radius 2 is 1.97 bits per heavy atom. The molecule has 2 fully saturated rings. The van der Waals surface area contributed by atoms with Gasteiger partial charge in [-0.05, 0) is 64.3 Å². The van der Waals surface area contributed by atoms with Crippen LogP contribution < -0.4 is 5.56 Å². The highest BCUT2D eigenvalue weighted by Gasteiger charge is 2.37. The first-order chi connectivity index (χ1) is 14.5. The average Bonchev–Trinajstić information content (AvgIpc) is 3.39. The molecular weight excluding hydrogens is 378 g/mol. The van der Waals surface area contributed by atoms with E-state index in [0.717, 1.165) is 43.0 Å². The molecule has 0 aromatic carbocycles. The third-order valence-corrected chi connectivity index (χ3v) is 6.98. The Hall–Kier alpha value is -2.41. The van der Waals surface area contributed by atoms with Crippen LogP contribution in [0.4, 0.5) is 0 Å². The number of aromatic nitrogens is 3. The maximum Gasteiger partial charge on any atom is 0.272 e. The minimum Gasteiger partial charge on any atom is -0.336 e. The van der Waals surface area contributed by atoms with Gasteiger partial charge in [-0.2, -0.15) is 5.10 Å². The van der Waals surface area contributed by atoms with E-state index in [1.54, 1.807) is 4.68 Å².